The number of carbonyl (C=O) groups excluding carboxylic acids is 1. The molecule has 4 heteroatoms. The Kier molecular flexibility index (Phi) is 2.27. The van der Waals surface area contributed by atoms with Gasteiger partial charge >= 0.3 is 0 Å². The molecular weight excluding hydrogens is 178 g/mol. The molecule has 14 heavy (non-hydrogen) atoms. The SMILES string of the molecule is CC(N)(CN1CCC2CC2C1)C(N)=O. The van der Waals surface area contributed by atoms with E-state index in [4.69, 9.17) is 11.5 Å². The van der Waals surface area contributed by atoms with Crippen LogP contribution in [0.3, 0.4) is 0 Å². The average molecular weight is 197 g/mol. The summed E-state index contributed by atoms with van der Waals surface area (Å²) in [6.07, 6.45) is 2.63. The highest BCUT2D eigenvalue weighted by atomic mass is 16.1. The number of carbonyl (C=O) groups is 1. The second-order valence-corrected chi connectivity index (χ2v) is 5.06. The Bertz CT molecular complexity index is 252. The van der Waals surface area contributed by atoms with E-state index in [0.29, 0.717) is 6.54 Å². The van der Waals surface area contributed by atoms with Crippen molar-refractivity contribution in [3.63, 3.8) is 0 Å². The standard InChI is InChI=1S/C10H19N3O/c1-10(12,9(11)14)6-13-3-2-7-4-8(7)5-13/h7-8H,2-6,12H2,1H3,(H2,11,14). The van der Waals surface area contributed by atoms with Gasteiger partial charge in [-0.1, -0.05) is 0 Å². The lowest BCUT2D eigenvalue weighted by atomic mass is 10.0. The van der Waals surface area contributed by atoms with E-state index in [1.807, 2.05) is 0 Å². The summed E-state index contributed by atoms with van der Waals surface area (Å²) in [6.45, 7) is 4.49. The maximum atomic E-state index is 11.1. The molecule has 0 aromatic carbocycles. The first kappa shape index (κ1) is 9.93. The lowest BCUT2D eigenvalue weighted by molar-refractivity contribution is -0.123. The first-order valence-corrected chi connectivity index (χ1v) is 5.30. The molecule has 2 aliphatic rings. The predicted octanol–water partition coefficient (Wildman–Crippen LogP) is -0.469. The number of amides is 1. The molecule has 2 rings (SSSR count). The van der Waals surface area contributed by atoms with Gasteiger partial charge < -0.3 is 16.4 Å². The van der Waals surface area contributed by atoms with Crippen molar-refractivity contribution in [1.29, 1.82) is 0 Å². The minimum Gasteiger partial charge on any atom is -0.368 e. The Balaban J connectivity index is 1.87. The zero-order chi connectivity index (χ0) is 10.3. The Morgan fingerprint density at radius 1 is 1.57 bits per heavy atom. The van der Waals surface area contributed by atoms with Crippen LogP contribution in [-0.4, -0.2) is 36.0 Å². The Morgan fingerprint density at radius 3 is 2.86 bits per heavy atom. The predicted molar refractivity (Wildman–Crippen MR) is 54.4 cm³/mol. The number of nitrogens with zero attached hydrogens (tertiary/aromatic N) is 1. The average Bonchev–Trinajstić information content (AvgIpc) is 2.81. The van der Waals surface area contributed by atoms with Gasteiger partial charge in [0, 0.05) is 13.1 Å². The number of piperidine rings is 1. The third-order valence-electron chi connectivity index (χ3n) is 3.49. The maximum Gasteiger partial charge on any atom is 0.238 e. The van der Waals surface area contributed by atoms with E-state index in [0.717, 1.165) is 24.9 Å². The van der Waals surface area contributed by atoms with Gasteiger partial charge in [-0.25, -0.2) is 0 Å². The van der Waals surface area contributed by atoms with Crippen molar-refractivity contribution in [2.45, 2.75) is 25.3 Å². The van der Waals surface area contributed by atoms with E-state index in [9.17, 15) is 4.79 Å². The Morgan fingerprint density at radius 2 is 2.29 bits per heavy atom. The van der Waals surface area contributed by atoms with Crippen LogP contribution in [0.5, 0.6) is 0 Å². The molecule has 0 radical (unpaired) electrons. The molecule has 4 nitrogen and oxygen atoms in total. The number of likely N-dealkylation sites (tertiary alicyclic amines) is 1. The molecule has 2 fully saturated rings. The van der Waals surface area contributed by atoms with Crippen molar-refractivity contribution < 1.29 is 4.79 Å². The monoisotopic (exact) mass is 197 g/mol. The van der Waals surface area contributed by atoms with Gasteiger partial charge in [0.05, 0.1) is 0 Å². The number of hydrogen-bond acceptors (Lipinski definition) is 3. The topological polar surface area (TPSA) is 72.3 Å². The van der Waals surface area contributed by atoms with Crippen molar-refractivity contribution in [1.82, 2.24) is 4.90 Å². The summed E-state index contributed by atoms with van der Waals surface area (Å²) in [6, 6.07) is 0. The number of primary amides is 1. The molecule has 4 N–H and O–H groups in total. The Hall–Kier alpha value is -0.610. The quantitative estimate of drug-likeness (QED) is 0.642. The molecule has 0 bridgehead atoms. The molecule has 3 unspecified atom stereocenters. The minimum atomic E-state index is -0.873. The van der Waals surface area contributed by atoms with E-state index in [2.05, 4.69) is 4.90 Å². The summed E-state index contributed by atoms with van der Waals surface area (Å²) in [5.41, 5.74) is 10.2. The lowest BCUT2D eigenvalue weighted by Gasteiger charge is -2.32. The number of nitrogens with two attached hydrogens (primary N) is 2. The molecular formula is C10H19N3O. The summed E-state index contributed by atoms with van der Waals surface area (Å²) in [7, 11) is 0. The number of rotatable bonds is 3. The molecule has 1 aliphatic heterocycles. The Labute approximate surface area is 84.6 Å². The van der Waals surface area contributed by atoms with Gasteiger partial charge in [-0.05, 0) is 38.1 Å². The highest BCUT2D eigenvalue weighted by Gasteiger charge is 2.42. The van der Waals surface area contributed by atoms with Gasteiger partial charge in [0.1, 0.15) is 5.54 Å². The zero-order valence-corrected chi connectivity index (χ0v) is 8.70. The fraction of sp³-hybridized carbons (Fsp3) is 0.900. The van der Waals surface area contributed by atoms with E-state index >= 15 is 0 Å². The van der Waals surface area contributed by atoms with Crippen LogP contribution in [-0.2, 0) is 4.79 Å². The van der Waals surface area contributed by atoms with Crippen LogP contribution in [0.1, 0.15) is 19.8 Å². The summed E-state index contributed by atoms with van der Waals surface area (Å²) in [4.78, 5) is 13.3. The van der Waals surface area contributed by atoms with Crippen LogP contribution in [0.4, 0.5) is 0 Å². The van der Waals surface area contributed by atoms with Gasteiger partial charge in [-0.15, -0.1) is 0 Å². The molecule has 1 heterocycles. The van der Waals surface area contributed by atoms with Crippen LogP contribution in [0.2, 0.25) is 0 Å². The number of fused-ring (bicyclic) bond motifs is 1. The summed E-state index contributed by atoms with van der Waals surface area (Å²) in [5, 5.41) is 0. The first-order valence-electron chi connectivity index (χ1n) is 5.30. The summed E-state index contributed by atoms with van der Waals surface area (Å²) in [5.74, 6) is 1.42. The normalized spacial score (nSPS) is 35.9. The summed E-state index contributed by atoms with van der Waals surface area (Å²) < 4.78 is 0. The molecule has 0 aromatic rings. The molecule has 3 atom stereocenters. The highest BCUT2D eigenvalue weighted by Crippen LogP contribution is 2.44. The lowest BCUT2D eigenvalue weighted by Crippen LogP contribution is -2.57. The van der Waals surface area contributed by atoms with Gasteiger partial charge in [0.2, 0.25) is 5.91 Å². The fourth-order valence-corrected chi connectivity index (χ4v) is 2.34. The second kappa shape index (κ2) is 3.21. The van der Waals surface area contributed by atoms with Crippen molar-refractivity contribution in [2.75, 3.05) is 19.6 Å². The summed E-state index contributed by atoms with van der Waals surface area (Å²) >= 11 is 0. The van der Waals surface area contributed by atoms with E-state index in [1.165, 1.54) is 12.8 Å². The molecule has 1 saturated carbocycles. The fourth-order valence-electron chi connectivity index (χ4n) is 2.34. The van der Waals surface area contributed by atoms with E-state index in [1.54, 1.807) is 6.92 Å². The smallest absolute Gasteiger partial charge is 0.238 e. The minimum absolute atomic E-state index is 0.407. The molecule has 1 aliphatic carbocycles. The van der Waals surface area contributed by atoms with Crippen molar-refractivity contribution in [3.05, 3.63) is 0 Å². The molecule has 1 amide bonds. The maximum absolute atomic E-state index is 11.1. The van der Waals surface area contributed by atoms with Crippen molar-refractivity contribution >= 4 is 5.91 Å². The van der Waals surface area contributed by atoms with Crippen molar-refractivity contribution in [2.24, 2.45) is 23.3 Å². The van der Waals surface area contributed by atoms with Crippen LogP contribution in [0.25, 0.3) is 0 Å². The van der Waals surface area contributed by atoms with Gasteiger partial charge in [0.15, 0.2) is 0 Å². The molecule has 1 saturated heterocycles. The van der Waals surface area contributed by atoms with E-state index < -0.39 is 11.4 Å². The van der Waals surface area contributed by atoms with Crippen LogP contribution >= 0.6 is 0 Å². The highest BCUT2D eigenvalue weighted by molar-refractivity contribution is 5.84. The third kappa shape index (κ3) is 1.91. The molecule has 0 spiro atoms. The second-order valence-electron chi connectivity index (χ2n) is 5.06. The zero-order valence-electron chi connectivity index (χ0n) is 8.70. The molecule has 0 aromatic heterocycles. The van der Waals surface area contributed by atoms with Gasteiger partial charge in [0.25, 0.3) is 0 Å². The largest absolute Gasteiger partial charge is 0.368 e. The van der Waals surface area contributed by atoms with Crippen LogP contribution < -0.4 is 11.5 Å². The van der Waals surface area contributed by atoms with E-state index in [-0.39, 0.29) is 0 Å². The third-order valence-corrected chi connectivity index (χ3v) is 3.49. The van der Waals surface area contributed by atoms with Crippen LogP contribution in [0, 0.1) is 11.8 Å². The number of hydrogen-bond donors (Lipinski definition) is 2. The first-order chi connectivity index (χ1) is 6.49. The van der Waals surface area contributed by atoms with Gasteiger partial charge in [-0.2, -0.15) is 0 Å². The van der Waals surface area contributed by atoms with Gasteiger partial charge in [-0.3, -0.25) is 4.79 Å². The molecule has 80 valence electrons. The van der Waals surface area contributed by atoms with Crippen molar-refractivity contribution in [3.8, 4) is 0 Å². The van der Waals surface area contributed by atoms with Crippen LogP contribution in [0.15, 0.2) is 0 Å².